The molecule has 1 saturated heterocycles. The van der Waals surface area contributed by atoms with Crippen molar-refractivity contribution in [2.75, 3.05) is 43.1 Å². The first kappa shape index (κ1) is 32.3. The largest absolute Gasteiger partial charge is 0.491 e. The maximum absolute atomic E-state index is 12.6. The van der Waals surface area contributed by atoms with Gasteiger partial charge in [-0.2, -0.15) is 0 Å². The number of hydrogen-bond donors (Lipinski definition) is 1. The van der Waals surface area contributed by atoms with Gasteiger partial charge < -0.3 is 24.4 Å². The number of likely N-dealkylation sites (N-methyl/N-ethyl adjacent to an activating group) is 1. The van der Waals surface area contributed by atoms with E-state index in [9.17, 15) is 9.90 Å². The van der Waals surface area contributed by atoms with Gasteiger partial charge in [-0.25, -0.2) is 9.78 Å². The number of nitrogens with zero attached hydrogens (tertiary/aromatic N) is 4. The van der Waals surface area contributed by atoms with E-state index in [4.69, 9.17) is 14.5 Å². The number of carbonyl (C=O) groups is 1. The normalized spacial score (nSPS) is 15.7. The molecule has 0 spiro atoms. The molecule has 8 nitrogen and oxygen atoms in total. The molecular weight excluding hydrogens is 540 g/mol. The van der Waals surface area contributed by atoms with Crippen LogP contribution in [0.2, 0.25) is 0 Å². The van der Waals surface area contributed by atoms with Gasteiger partial charge in [0.2, 0.25) is 0 Å². The van der Waals surface area contributed by atoms with E-state index in [1.165, 1.54) is 5.56 Å². The summed E-state index contributed by atoms with van der Waals surface area (Å²) in [5, 5.41) is 10.4. The molecule has 232 valence electrons. The number of rotatable bonds is 10. The number of anilines is 2. The summed E-state index contributed by atoms with van der Waals surface area (Å²) in [7, 11) is 2.00. The second-order valence-electron chi connectivity index (χ2n) is 13.6. The first-order valence-electron chi connectivity index (χ1n) is 15.2. The number of piperidine rings is 1. The zero-order valence-electron chi connectivity index (χ0n) is 27.3. The fourth-order valence-corrected chi connectivity index (χ4v) is 5.54. The monoisotopic (exact) mass is 588 g/mol. The fourth-order valence-electron chi connectivity index (χ4n) is 5.54. The summed E-state index contributed by atoms with van der Waals surface area (Å²) in [6, 6.07) is 10.2. The summed E-state index contributed by atoms with van der Waals surface area (Å²) in [6.45, 7) is 19.1. The number of pyridine rings is 2. The molecule has 0 bridgehead atoms. The molecular formula is C35H48N4O4. The summed E-state index contributed by atoms with van der Waals surface area (Å²) in [5.74, 6) is 0.705. The summed E-state index contributed by atoms with van der Waals surface area (Å²) < 4.78 is 12.2. The minimum Gasteiger partial charge on any atom is -0.491 e. The Bertz CT molecular complexity index is 1420. The quantitative estimate of drug-likeness (QED) is 0.267. The van der Waals surface area contributed by atoms with E-state index in [0.29, 0.717) is 24.4 Å². The molecule has 0 amide bonds. The van der Waals surface area contributed by atoms with Gasteiger partial charge in [0.1, 0.15) is 18.2 Å². The standard InChI is InChI=1S/C35H48N4O4/c1-23-10-12-28(24(2)20-23)42-19-18-38(9)29-13-11-26(21-37-29)27-22-36-25(3)30(32(33(40)41)43-34(4,5)6)31(27)39-16-14-35(7,8)15-17-39/h10-13,20-22,32H,14-19H2,1-9H3,(H,40,41)/t32-/m0/s1. The molecule has 0 aliphatic carbocycles. The number of carboxylic acid groups (broad SMARTS) is 1. The van der Waals surface area contributed by atoms with Crippen LogP contribution in [-0.2, 0) is 9.53 Å². The maximum Gasteiger partial charge on any atom is 0.337 e. The minimum absolute atomic E-state index is 0.239. The van der Waals surface area contributed by atoms with E-state index in [2.05, 4.69) is 54.6 Å². The molecule has 0 radical (unpaired) electrons. The Morgan fingerprint density at radius 1 is 1.07 bits per heavy atom. The zero-order chi connectivity index (χ0) is 31.5. The summed E-state index contributed by atoms with van der Waals surface area (Å²) in [4.78, 5) is 26.5. The Labute approximate surface area is 257 Å². The van der Waals surface area contributed by atoms with Gasteiger partial charge in [-0.15, -0.1) is 0 Å². The van der Waals surface area contributed by atoms with Crippen molar-refractivity contribution in [2.24, 2.45) is 5.41 Å². The van der Waals surface area contributed by atoms with Gasteiger partial charge in [-0.1, -0.05) is 31.5 Å². The van der Waals surface area contributed by atoms with Crippen LogP contribution in [0.4, 0.5) is 11.5 Å². The third-order valence-corrected chi connectivity index (χ3v) is 8.14. The predicted molar refractivity (Wildman–Crippen MR) is 173 cm³/mol. The van der Waals surface area contributed by atoms with E-state index in [1.54, 1.807) is 0 Å². The van der Waals surface area contributed by atoms with Crippen molar-refractivity contribution in [1.82, 2.24) is 9.97 Å². The number of aryl methyl sites for hydroxylation is 3. The molecule has 43 heavy (non-hydrogen) atoms. The fraction of sp³-hybridized carbons (Fsp3) is 0.514. The molecule has 0 saturated carbocycles. The van der Waals surface area contributed by atoms with E-state index in [1.807, 2.05) is 65.3 Å². The van der Waals surface area contributed by atoms with Crippen LogP contribution in [-0.4, -0.2) is 59.9 Å². The Balaban J connectivity index is 1.64. The number of aromatic nitrogens is 2. The topological polar surface area (TPSA) is 88.0 Å². The first-order valence-corrected chi connectivity index (χ1v) is 15.2. The lowest BCUT2D eigenvalue weighted by Gasteiger charge is -2.41. The summed E-state index contributed by atoms with van der Waals surface area (Å²) >= 11 is 0. The Morgan fingerprint density at radius 3 is 2.35 bits per heavy atom. The van der Waals surface area contributed by atoms with Gasteiger partial charge >= 0.3 is 5.97 Å². The number of benzene rings is 1. The number of hydrogen-bond acceptors (Lipinski definition) is 7. The third-order valence-electron chi connectivity index (χ3n) is 8.14. The lowest BCUT2D eigenvalue weighted by Crippen LogP contribution is -2.39. The van der Waals surface area contributed by atoms with Gasteiger partial charge in [0.15, 0.2) is 6.10 Å². The second-order valence-corrected chi connectivity index (χ2v) is 13.6. The molecule has 1 aliphatic heterocycles. The molecule has 3 heterocycles. The van der Waals surface area contributed by atoms with E-state index >= 15 is 0 Å². The highest BCUT2D eigenvalue weighted by Crippen LogP contribution is 2.43. The van der Waals surface area contributed by atoms with Gasteiger partial charge in [-0.3, -0.25) is 4.98 Å². The lowest BCUT2D eigenvalue weighted by molar-refractivity contribution is -0.160. The summed E-state index contributed by atoms with van der Waals surface area (Å²) in [6.07, 6.45) is 4.58. The van der Waals surface area contributed by atoms with Crippen LogP contribution in [0, 0.1) is 26.2 Å². The molecule has 1 fully saturated rings. The number of carboxylic acids is 1. The van der Waals surface area contributed by atoms with Crippen LogP contribution >= 0.6 is 0 Å². The van der Waals surface area contributed by atoms with Crippen molar-refractivity contribution < 1.29 is 19.4 Å². The Kier molecular flexibility index (Phi) is 9.70. The molecule has 1 N–H and O–H groups in total. The van der Waals surface area contributed by atoms with Crippen LogP contribution in [0.15, 0.2) is 42.7 Å². The molecule has 1 atom stereocenters. The van der Waals surface area contributed by atoms with Crippen LogP contribution < -0.4 is 14.5 Å². The lowest BCUT2D eigenvalue weighted by atomic mass is 9.82. The van der Waals surface area contributed by atoms with Crippen molar-refractivity contribution >= 4 is 17.5 Å². The van der Waals surface area contributed by atoms with Crippen molar-refractivity contribution in [3.8, 4) is 16.9 Å². The molecule has 3 aromatic rings. The molecule has 1 aromatic carbocycles. The van der Waals surface area contributed by atoms with Crippen molar-refractivity contribution in [3.63, 3.8) is 0 Å². The third kappa shape index (κ3) is 8.05. The number of aliphatic carboxylic acids is 1. The Hall–Kier alpha value is -3.65. The van der Waals surface area contributed by atoms with E-state index < -0.39 is 17.7 Å². The predicted octanol–water partition coefficient (Wildman–Crippen LogP) is 7.15. The SMILES string of the molecule is Cc1ccc(OCCN(C)c2ccc(-c3cnc(C)c([C@H](OC(C)(C)C)C(=O)O)c3N3CCC(C)(C)CC3)cn2)c(C)c1. The van der Waals surface area contributed by atoms with Crippen LogP contribution in [0.1, 0.15) is 75.9 Å². The van der Waals surface area contributed by atoms with E-state index in [0.717, 1.165) is 59.9 Å². The molecule has 4 rings (SSSR count). The van der Waals surface area contributed by atoms with Gasteiger partial charge in [0.05, 0.1) is 17.8 Å². The molecule has 8 heteroatoms. The smallest absolute Gasteiger partial charge is 0.337 e. The first-order chi connectivity index (χ1) is 20.1. The van der Waals surface area contributed by atoms with Crippen LogP contribution in [0.3, 0.4) is 0 Å². The Morgan fingerprint density at radius 2 is 1.77 bits per heavy atom. The highest BCUT2D eigenvalue weighted by atomic mass is 16.5. The van der Waals surface area contributed by atoms with Crippen molar-refractivity contribution in [3.05, 3.63) is 65.1 Å². The van der Waals surface area contributed by atoms with Gasteiger partial charge in [0.25, 0.3) is 0 Å². The van der Waals surface area contributed by atoms with Gasteiger partial charge in [0, 0.05) is 54.9 Å². The van der Waals surface area contributed by atoms with Crippen LogP contribution in [0.25, 0.3) is 11.1 Å². The second kappa shape index (κ2) is 12.9. The maximum atomic E-state index is 12.6. The number of ether oxygens (including phenoxy) is 2. The van der Waals surface area contributed by atoms with Crippen molar-refractivity contribution in [1.29, 1.82) is 0 Å². The zero-order valence-corrected chi connectivity index (χ0v) is 27.3. The molecule has 1 aliphatic rings. The molecule has 2 aromatic heterocycles. The average molecular weight is 589 g/mol. The van der Waals surface area contributed by atoms with Gasteiger partial charge in [-0.05, 0) is 83.6 Å². The van der Waals surface area contributed by atoms with E-state index in [-0.39, 0.29) is 5.41 Å². The minimum atomic E-state index is -1.15. The van der Waals surface area contributed by atoms with Crippen LogP contribution in [0.5, 0.6) is 5.75 Å². The highest BCUT2D eigenvalue weighted by Gasteiger charge is 2.35. The average Bonchev–Trinajstić information content (AvgIpc) is 2.92. The highest BCUT2D eigenvalue weighted by molar-refractivity contribution is 5.86. The van der Waals surface area contributed by atoms with Crippen molar-refractivity contribution in [2.45, 2.75) is 79.9 Å². The summed E-state index contributed by atoms with van der Waals surface area (Å²) in [5.41, 5.74) is 5.84. The molecule has 0 unspecified atom stereocenters.